The molecule has 4 aromatic rings. The van der Waals surface area contributed by atoms with Gasteiger partial charge in [-0.3, -0.25) is 4.79 Å². The van der Waals surface area contributed by atoms with E-state index in [4.69, 9.17) is 4.52 Å². The van der Waals surface area contributed by atoms with Crippen LogP contribution in [-0.2, 0) is 6.54 Å². The summed E-state index contributed by atoms with van der Waals surface area (Å²) in [6.07, 6.45) is 0. The number of nitrogens with one attached hydrogen (secondary N) is 1. The van der Waals surface area contributed by atoms with E-state index in [0.717, 1.165) is 27.4 Å². The molecule has 0 unspecified atom stereocenters. The molecule has 0 radical (unpaired) electrons. The molecule has 28 heavy (non-hydrogen) atoms. The second-order valence-corrected chi connectivity index (χ2v) is 7.49. The third kappa shape index (κ3) is 3.99. The quantitative estimate of drug-likeness (QED) is 0.546. The first kappa shape index (κ1) is 18.1. The molecule has 0 saturated carbocycles. The van der Waals surface area contributed by atoms with Crippen molar-refractivity contribution in [3.8, 4) is 22.6 Å². The lowest BCUT2D eigenvalue weighted by molar-refractivity contribution is 0.0907. The average molecular weight is 390 g/mol. The van der Waals surface area contributed by atoms with Crippen molar-refractivity contribution in [1.82, 2.24) is 20.4 Å². The van der Waals surface area contributed by atoms with Crippen LogP contribution in [0.2, 0.25) is 0 Å². The molecule has 0 saturated heterocycles. The van der Waals surface area contributed by atoms with Crippen LogP contribution < -0.4 is 5.32 Å². The number of hydrogen-bond acceptors (Lipinski definition) is 6. The molecule has 0 aliphatic carbocycles. The number of amides is 1. The molecule has 2 aromatic carbocycles. The number of carbonyl (C=O) groups excluding carboxylic acids is 1. The molecule has 7 heteroatoms. The van der Waals surface area contributed by atoms with Gasteiger partial charge in [0.05, 0.1) is 10.7 Å². The van der Waals surface area contributed by atoms with E-state index in [1.165, 1.54) is 5.56 Å². The summed E-state index contributed by atoms with van der Waals surface area (Å²) in [5.41, 5.74) is 4.82. The van der Waals surface area contributed by atoms with E-state index in [0.29, 0.717) is 12.4 Å². The van der Waals surface area contributed by atoms with Gasteiger partial charge in [0.15, 0.2) is 0 Å². The summed E-state index contributed by atoms with van der Waals surface area (Å²) in [6, 6.07) is 15.7. The Labute approximate surface area is 166 Å². The van der Waals surface area contributed by atoms with Gasteiger partial charge in [-0.05, 0) is 25.5 Å². The van der Waals surface area contributed by atoms with Crippen molar-refractivity contribution in [2.75, 3.05) is 0 Å². The zero-order valence-corrected chi connectivity index (χ0v) is 16.3. The van der Waals surface area contributed by atoms with Crippen LogP contribution >= 0.6 is 11.3 Å². The predicted octanol–water partition coefficient (Wildman–Crippen LogP) is 4.41. The van der Waals surface area contributed by atoms with E-state index in [-0.39, 0.29) is 5.89 Å². The fourth-order valence-corrected chi connectivity index (χ4v) is 3.33. The first-order valence-electron chi connectivity index (χ1n) is 8.79. The highest BCUT2D eigenvalue weighted by atomic mass is 32.1. The fourth-order valence-electron chi connectivity index (χ4n) is 2.71. The van der Waals surface area contributed by atoms with Crippen LogP contribution in [0.3, 0.4) is 0 Å². The second-order valence-electron chi connectivity index (χ2n) is 6.42. The van der Waals surface area contributed by atoms with Crippen molar-refractivity contribution in [3.63, 3.8) is 0 Å². The molecule has 4 rings (SSSR count). The number of aromatic nitrogens is 3. The Balaban J connectivity index is 1.48. The van der Waals surface area contributed by atoms with E-state index in [1.54, 1.807) is 11.3 Å². The maximum absolute atomic E-state index is 12.3. The summed E-state index contributed by atoms with van der Waals surface area (Å²) >= 11 is 1.60. The second kappa shape index (κ2) is 7.74. The molecule has 0 aliphatic rings. The summed E-state index contributed by atoms with van der Waals surface area (Å²) < 4.78 is 5.15. The van der Waals surface area contributed by atoms with Crippen LogP contribution in [-0.4, -0.2) is 21.0 Å². The lowest BCUT2D eigenvalue weighted by atomic mass is 10.1. The van der Waals surface area contributed by atoms with Gasteiger partial charge in [0.25, 0.3) is 0 Å². The molecular weight excluding hydrogens is 372 g/mol. The molecule has 2 aromatic heterocycles. The number of hydrogen-bond donors (Lipinski definition) is 1. The minimum atomic E-state index is -0.398. The molecule has 140 valence electrons. The van der Waals surface area contributed by atoms with Crippen molar-refractivity contribution in [3.05, 3.63) is 75.9 Å². The van der Waals surface area contributed by atoms with Gasteiger partial charge < -0.3 is 9.84 Å². The van der Waals surface area contributed by atoms with Crippen molar-refractivity contribution in [1.29, 1.82) is 0 Å². The smallest absolute Gasteiger partial charge is 0.316 e. The monoisotopic (exact) mass is 390 g/mol. The highest BCUT2D eigenvalue weighted by molar-refractivity contribution is 7.09. The molecular formula is C21H18N4O2S. The van der Waals surface area contributed by atoms with Crippen molar-refractivity contribution >= 4 is 17.2 Å². The molecule has 6 nitrogen and oxygen atoms in total. The maximum Gasteiger partial charge on any atom is 0.316 e. The van der Waals surface area contributed by atoms with E-state index in [2.05, 4.69) is 20.4 Å². The van der Waals surface area contributed by atoms with Crippen LogP contribution in [0.4, 0.5) is 0 Å². The van der Waals surface area contributed by atoms with Gasteiger partial charge in [-0.1, -0.05) is 53.2 Å². The molecule has 0 bridgehead atoms. The zero-order valence-electron chi connectivity index (χ0n) is 15.5. The summed E-state index contributed by atoms with van der Waals surface area (Å²) in [5, 5.41) is 9.76. The van der Waals surface area contributed by atoms with Crippen LogP contribution in [0.1, 0.15) is 26.8 Å². The number of aryl methyl sites for hydroxylation is 2. The number of rotatable bonds is 5. The van der Waals surface area contributed by atoms with Gasteiger partial charge in [-0.15, -0.1) is 11.3 Å². The number of carbonyl (C=O) groups is 1. The van der Waals surface area contributed by atoms with Gasteiger partial charge in [0, 0.05) is 23.1 Å². The fraction of sp³-hybridized carbons (Fsp3) is 0.143. The lowest BCUT2D eigenvalue weighted by Crippen LogP contribution is -2.23. The topological polar surface area (TPSA) is 80.9 Å². The molecule has 0 aliphatic heterocycles. The predicted molar refractivity (Wildman–Crippen MR) is 108 cm³/mol. The van der Waals surface area contributed by atoms with Crippen molar-refractivity contribution in [2.45, 2.75) is 20.4 Å². The first-order chi connectivity index (χ1) is 13.6. The van der Waals surface area contributed by atoms with Crippen molar-refractivity contribution < 1.29 is 9.32 Å². The van der Waals surface area contributed by atoms with E-state index < -0.39 is 5.91 Å². The maximum atomic E-state index is 12.3. The Morgan fingerprint density at radius 1 is 1.07 bits per heavy atom. The Morgan fingerprint density at radius 2 is 1.86 bits per heavy atom. The Kier molecular flexibility index (Phi) is 4.99. The Bertz CT molecular complexity index is 1120. The number of benzene rings is 2. The SMILES string of the molecule is Cc1ccc(CNC(=O)c2nc(-c3cccc(-c4csc(C)n4)c3)no2)cc1. The minimum absolute atomic E-state index is 0.0583. The average Bonchev–Trinajstić information content (AvgIpc) is 3.37. The van der Waals surface area contributed by atoms with E-state index in [9.17, 15) is 4.79 Å². The molecule has 1 N–H and O–H groups in total. The largest absolute Gasteiger partial charge is 0.344 e. The van der Waals surface area contributed by atoms with Crippen LogP contribution in [0.5, 0.6) is 0 Å². The summed E-state index contributed by atoms with van der Waals surface area (Å²) in [4.78, 5) is 21.0. The normalized spacial score (nSPS) is 10.8. The lowest BCUT2D eigenvalue weighted by Gasteiger charge is -2.02. The van der Waals surface area contributed by atoms with Gasteiger partial charge in [-0.25, -0.2) is 4.98 Å². The zero-order chi connectivity index (χ0) is 19.5. The summed E-state index contributed by atoms with van der Waals surface area (Å²) in [6.45, 7) is 4.39. The van der Waals surface area contributed by atoms with Gasteiger partial charge >= 0.3 is 11.8 Å². The highest BCUT2D eigenvalue weighted by Crippen LogP contribution is 2.26. The first-order valence-corrected chi connectivity index (χ1v) is 9.67. The van der Waals surface area contributed by atoms with Crippen LogP contribution in [0.25, 0.3) is 22.6 Å². The van der Waals surface area contributed by atoms with E-state index in [1.807, 2.05) is 67.8 Å². The summed E-state index contributed by atoms with van der Waals surface area (Å²) in [5.74, 6) is -0.0862. The highest BCUT2D eigenvalue weighted by Gasteiger charge is 2.16. The third-order valence-corrected chi connectivity index (χ3v) is 5.00. The molecule has 1 amide bonds. The van der Waals surface area contributed by atoms with Crippen LogP contribution in [0, 0.1) is 13.8 Å². The Hall–Kier alpha value is -3.32. The molecule has 2 heterocycles. The van der Waals surface area contributed by atoms with Gasteiger partial charge in [-0.2, -0.15) is 4.98 Å². The van der Waals surface area contributed by atoms with Gasteiger partial charge in [0.1, 0.15) is 0 Å². The molecule has 0 fully saturated rings. The number of thiazole rings is 1. The Morgan fingerprint density at radius 3 is 2.61 bits per heavy atom. The number of nitrogens with zero attached hydrogens (tertiary/aromatic N) is 3. The molecule has 0 atom stereocenters. The molecule has 0 spiro atoms. The standard InChI is InChI=1S/C21H18N4O2S/c1-13-6-8-15(9-7-13)11-22-20(26)21-24-19(25-27-21)17-5-3-4-16(10-17)18-12-28-14(2)23-18/h3-10,12H,11H2,1-2H3,(H,22,26). The third-order valence-electron chi connectivity index (χ3n) is 4.23. The van der Waals surface area contributed by atoms with Crippen LogP contribution in [0.15, 0.2) is 58.4 Å². The van der Waals surface area contributed by atoms with E-state index >= 15 is 0 Å². The van der Waals surface area contributed by atoms with Gasteiger partial charge in [0.2, 0.25) is 5.82 Å². The minimum Gasteiger partial charge on any atom is -0.344 e. The summed E-state index contributed by atoms with van der Waals surface area (Å²) in [7, 11) is 0. The van der Waals surface area contributed by atoms with Crippen molar-refractivity contribution in [2.24, 2.45) is 0 Å².